The van der Waals surface area contributed by atoms with Gasteiger partial charge in [-0.05, 0) is 50.3 Å². The minimum Gasteiger partial charge on any atom is -0.359 e. The van der Waals surface area contributed by atoms with E-state index in [0.29, 0.717) is 17.2 Å². The number of rotatable bonds is 3. The van der Waals surface area contributed by atoms with Crippen LogP contribution in [0.2, 0.25) is 0 Å². The summed E-state index contributed by atoms with van der Waals surface area (Å²) < 4.78 is 0. The average molecular weight is 245 g/mol. The summed E-state index contributed by atoms with van der Waals surface area (Å²) >= 11 is 5.13. The van der Waals surface area contributed by atoms with E-state index in [-0.39, 0.29) is 0 Å². The fraction of sp³-hybridized carbons (Fsp3) is 0.231. The Bertz CT molecular complexity index is 451. The maximum Gasteiger partial charge on any atom is 0.171 e. The van der Waals surface area contributed by atoms with Gasteiger partial charge in [-0.2, -0.15) is 5.26 Å². The number of hydrogen-bond acceptors (Lipinski definition) is 2. The Morgan fingerprint density at radius 1 is 1.35 bits per heavy atom. The van der Waals surface area contributed by atoms with Gasteiger partial charge in [0, 0.05) is 12.2 Å². The van der Waals surface area contributed by atoms with Crippen LogP contribution in [0.15, 0.2) is 35.9 Å². The summed E-state index contributed by atoms with van der Waals surface area (Å²) in [7, 11) is 0. The molecule has 0 saturated heterocycles. The van der Waals surface area contributed by atoms with Crippen LogP contribution in [-0.4, -0.2) is 11.7 Å². The first-order chi connectivity index (χ1) is 8.11. The highest BCUT2D eigenvalue weighted by molar-refractivity contribution is 7.80. The van der Waals surface area contributed by atoms with Crippen LogP contribution in [0.1, 0.15) is 19.4 Å². The van der Waals surface area contributed by atoms with Crippen molar-refractivity contribution in [1.82, 2.24) is 5.32 Å². The summed E-state index contributed by atoms with van der Waals surface area (Å²) in [5.74, 6) is 0. The smallest absolute Gasteiger partial charge is 0.171 e. The minimum absolute atomic E-state index is 0.576. The lowest BCUT2D eigenvalue weighted by atomic mass is 10.2. The lowest BCUT2D eigenvalue weighted by molar-refractivity contribution is 1.04. The Hall–Kier alpha value is -1.86. The Morgan fingerprint density at radius 2 is 2.00 bits per heavy atom. The summed E-state index contributed by atoms with van der Waals surface area (Å²) in [5, 5.41) is 15.4. The van der Waals surface area contributed by atoms with Gasteiger partial charge in [-0.1, -0.05) is 11.6 Å². The van der Waals surface area contributed by atoms with E-state index in [2.05, 4.69) is 22.8 Å². The molecule has 88 valence electrons. The largest absolute Gasteiger partial charge is 0.359 e. The summed E-state index contributed by atoms with van der Waals surface area (Å²) in [5.41, 5.74) is 2.76. The highest BCUT2D eigenvalue weighted by Crippen LogP contribution is 2.08. The quantitative estimate of drug-likeness (QED) is 0.635. The van der Waals surface area contributed by atoms with Gasteiger partial charge in [0.05, 0.1) is 11.6 Å². The van der Waals surface area contributed by atoms with E-state index in [4.69, 9.17) is 17.5 Å². The molecule has 0 aliphatic rings. The van der Waals surface area contributed by atoms with Crippen LogP contribution in [0.4, 0.5) is 5.69 Å². The van der Waals surface area contributed by atoms with Crippen molar-refractivity contribution in [3.8, 4) is 6.07 Å². The molecule has 1 rings (SSSR count). The predicted octanol–water partition coefficient (Wildman–Crippen LogP) is 2.81. The zero-order chi connectivity index (χ0) is 12.7. The Labute approximate surface area is 107 Å². The van der Waals surface area contributed by atoms with Crippen LogP contribution >= 0.6 is 12.2 Å². The molecule has 0 saturated carbocycles. The van der Waals surface area contributed by atoms with Gasteiger partial charge in [-0.15, -0.1) is 0 Å². The first-order valence-corrected chi connectivity index (χ1v) is 5.71. The fourth-order valence-corrected chi connectivity index (χ4v) is 1.35. The lowest BCUT2D eigenvalue weighted by Gasteiger charge is -2.08. The van der Waals surface area contributed by atoms with Gasteiger partial charge < -0.3 is 10.6 Å². The van der Waals surface area contributed by atoms with E-state index in [1.165, 1.54) is 5.57 Å². The first kappa shape index (κ1) is 13.2. The molecule has 0 spiro atoms. The maximum atomic E-state index is 8.66. The lowest BCUT2D eigenvalue weighted by Crippen LogP contribution is -2.28. The average Bonchev–Trinajstić information content (AvgIpc) is 2.29. The van der Waals surface area contributed by atoms with Crippen molar-refractivity contribution in [2.45, 2.75) is 13.8 Å². The highest BCUT2D eigenvalue weighted by Gasteiger charge is 1.96. The van der Waals surface area contributed by atoms with Crippen molar-refractivity contribution in [2.75, 3.05) is 11.9 Å². The second kappa shape index (κ2) is 6.66. The van der Waals surface area contributed by atoms with E-state index in [1.807, 2.05) is 26.0 Å². The van der Waals surface area contributed by atoms with E-state index < -0.39 is 0 Å². The first-order valence-electron chi connectivity index (χ1n) is 5.30. The van der Waals surface area contributed by atoms with Crippen LogP contribution in [0.5, 0.6) is 0 Å². The van der Waals surface area contributed by atoms with Gasteiger partial charge in [-0.25, -0.2) is 0 Å². The van der Waals surface area contributed by atoms with Gasteiger partial charge in [-0.3, -0.25) is 0 Å². The zero-order valence-corrected chi connectivity index (χ0v) is 10.8. The van der Waals surface area contributed by atoms with Crippen molar-refractivity contribution in [3.05, 3.63) is 41.5 Å². The van der Waals surface area contributed by atoms with E-state index >= 15 is 0 Å². The summed E-state index contributed by atoms with van der Waals surface area (Å²) in [6.45, 7) is 4.79. The van der Waals surface area contributed by atoms with Crippen molar-refractivity contribution in [3.63, 3.8) is 0 Å². The van der Waals surface area contributed by atoms with Crippen LogP contribution in [0.25, 0.3) is 0 Å². The zero-order valence-electron chi connectivity index (χ0n) is 9.95. The molecule has 0 atom stereocenters. The number of nitriles is 1. The normalized spacial score (nSPS) is 9.00. The molecule has 0 fully saturated rings. The fourth-order valence-electron chi connectivity index (χ4n) is 1.15. The van der Waals surface area contributed by atoms with E-state index in [9.17, 15) is 0 Å². The monoisotopic (exact) mass is 245 g/mol. The predicted molar refractivity (Wildman–Crippen MR) is 74.8 cm³/mol. The van der Waals surface area contributed by atoms with Crippen LogP contribution in [0.3, 0.4) is 0 Å². The molecular formula is C13H15N3S. The molecule has 17 heavy (non-hydrogen) atoms. The van der Waals surface area contributed by atoms with Crippen LogP contribution < -0.4 is 10.6 Å². The standard InChI is InChI=1S/C13H15N3S/c1-10(2)7-8-15-13(17)16-12-5-3-11(9-14)4-6-12/h3-7H,8H2,1-2H3,(H2,15,16,17). The topological polar surface area (TPSA) is 47.8 Å². The molecule has 0 bridgehead atoms. The Kier molecular flexibility index (Phi) is 5.18. The SMILES string of the molecule is CC(C)=CCNC(=S)Nc1ccc(C#N)cc1. The second-order valence-corrected chi connectivity index (χ2v) is 4.21. The van der Waals surface area contributed by atoms with Crippen molar-refractivity contribution < 1.29 is 0 Å². The van der Waals surface area contributed by atoms with E-state index in [0.717, 1.165) is 5.69 Å². The number of anilines is 1. The molecule has 0 aliphatic carbocycles. The third-order valence-electron chi connectivity index (χ3n) is 2.04. The number of thiocarbonyl (C=S) groups is 1. The number of allylic oxidation sites excluding steroid dienone is 1. The Balaban J connectivity index is 2.45. The molecule has 0 aliphatic heterocycles. The minimum atomic E-state index is 0.576. The molecule has 1 aromatic carbocycles. The molecule has 3 nitrogen and oxygen atoms in total. The van der Waals surface area contributed by atoms with Gasteiger partial charge in [0.1, 0.15) is 0 Å². The maximum absolute atomic E-state index is 8.66. The van der Waals surface area contributed by atoms with Gasteiger partial charge in [0.25, 0.3) is 0 Å². The number of nitrogens with one attached hydrogen (secondary N) is 2. The van der Waals surface area contributed by atoms with Gasteiger partial charge >= 0.3 is 0 Å². The third kappa shape index (κ3) is 5.14. The van der Waals surface area contributed by atoms with Gasteiger partial charge in [0.2, 0.25) is 0 Å². The molecule has 1 aromatic rings. The molecule has 0 aromatic heterocycles. The van der Waals surface area contributed by atoms with Crippen LogP contribution in [-0.2, 0) is 0 Å². The number of nitrogens with zero attached hydrogens (tertiary/aromatic N) is 1. The summed E-state index contributed by atoms with van der Waals surface area (Å²) in [6, 6.07) is 9.23. The molecule has 4 heteroatoms. The van der Waals surface area contributed by atoms with E-state index in [1.54, 1.807) is 12.1 Å². The van der Waals surface area contributed by atoms with Crippen LogP contribution in [0, 0.1) is 11.3 Å². The number of benzene rings is 1. The molecule has 0 heterocycles. The number of hydrogen-bond donors (Lipinski definition) is 2. The van der Waals surface area contributed by atoms with Crippen molar-refractivity contribution >= 4 is 23.0 Å². The molecule has 0 radical (unpaired) electrons. The summed E-state index contributed by atoms with van der Waals surface area (Å²) in [4.78, 5) is 0. The Morgan fingerprint density at radius 3 is 2.53 bits per heavy atom. The summed E-state index contributed by atoms with van der Waals surface area (Å²) in [6.07, 6.45) is 2.06. The molecule has 0 unspecified atom stereocenters. The van der Waals surface area contributed by atoms with Crippen molar-refractivity contribution in [1.29, 1.82) is 5.26 Å². The third-order valence-corrected chi connectivity index (χ3v) is 2.29. The second-order valence-electron chi connectivity index (χ2n) is 3.81. The molecule has 2 N–H and O–H groups in total. The highest BCUT2D eigenvalue weighted by atomic mass is 32.1. The van der Waals surface area contributed by atoms with Crippen molar-refractivity contribution in [2.24, 2.45) is 0 Å². The van der Waals surface area contributed by atoms with Gasteiger partial charge in [0.15, 0.2) is 5.11 Å². The molecule has 0 amide bonds. The molecular weight excluding hydrogens is 230 g/mol.